The van der Waals surface area contributed by atoms with Crippen molar-refractivity contribution in [3.63, 3.8) is 0 Å². The minimum Gasteiger partial charge on any atom is -0.503 e. The molecule has 7 nitrogen and oxygen atoms in total. The Labute approximate surface area is 193 Å². The summed E-state index contributed by atoms with van der Waals surface area (Å²) in [7, 11) is 0. The van der Waals surface area contributed by atoms with Gasteiger partial charge in [0.25, 0.3) is 5.91 Å². The highest BCUT2D eigenvalue weighted by molar-refractivity contribution is 6.16. The second-order valence-corrected chi connectivity index (χ2v) is 8.33. The molecule has 2 N–H and O–H groups in total. The molecule has 0 fully saturated rings. The maximum atomic E-state index is 13.7. The van der Waals surface area contributed by atoms with Crippen molar-refractivity contribution in [1.82, 2.24) is 9.97 Å². The van der Waals surface area contributed by atoms with E-state index in [9.17, 15) is 14.7 Å². The van der Waals surface area contributed by atoms with Gasteiger partial charge in [-0.3, -0.25) is 14.5 Å². The minimum atomic E-state index is -0.882. The van der Waals surface area contributed by atoms with Gasteiger partial charge in [0.05, 0.1) is 34.4 Å². The van der Waals surface area contributed by atoms with Crippen molar-refractivity contribution in [2.75, 3.05) is 4.90 Å². The van der Waals surface area contributed by atoms with Gasteiger partial charge >= 0.3 is 0 Å². The molecule has 0 saturated heterocycles. The number of hydrogen-bond donors (Lipinski definition) is 2. The van der Waals surface area contributed by atoms with Crippen molar-refractivity contribution in [3.8, 4) is 0 Å². The van der Waals surface area contributed by atoms with Gasteiger partial charge in [-0.25, -0.2) is 4.98 Å². The van der Waals surface area contributed by atoms with Crippen LogP contribution in [0, 0.1) is 6.92 Å². The highest BCUT2D eigenvalue weighted by Crippen LogP contribution is 2.45. The average molecular weight is 449 g/mol. The quantitative estimate of drug-likeness (QED) is 0.402. The number of amides is 1. The van der Waals surface area contributed by atoms with Crippen LogP contribution in [0.4, 0.5) is 5.69 Å². The number of nitrogens with zero attached hydrogens (tertiary/aromatic N) is 2. The van der Waals surface area contributed by atoms with E-state index < -0.39 is 17.7 Å². The summed E-state index contributed by atoms with van der Waals surface area (Å²) >= 11 is 0. The first-order chi connectivity index (χ1) is 16.5. The fourth-order valence-electron chi connectivity index (χ4n) is 4.60. The number of benzene rings is 3. The van der Waals surface area contributed by atoms with E-state index in [-0.39, 0.29) is 11.0 Å². The number of fused-ring (bicyclic) bond motifs is 2. The van der Waals surface area contributed by atoms with Gasteiger partial charge in [0.2, 0.25) is 0 Å². The molecule has 1 unspecified atom stereocenters. The van der Waals surface area contributed by atoms with Gasteiger partial charge < -0.3 is 14.5 Å². The highest BCUT2D eigenvalue weighted by atomic mass is 16.3. The molecule has 1 aliphatic heterocycles. The maximum absolute atomic E-state index is 13.7. The zero-order valence-electron chi connectivity index (χ0n) is 18.1. The number of rotatable bonds is 3. The van der Waals surface area contributed by atoms with Crippen molar-refractivity contribution < 1.29 is 14.3 Å². The van der Waals surface area contributed by atoms with Crippen LogP contribution in [0.3, 0.4) is 0 Å². The smallest absolute Gasteiger partial charge is 0.294 e. The van der Waals surface area contributed by atoms with Gasteiger partial charge in [0, 0.05) is 11.3 Å². The number of aliphatic hydroxyl groups excluding tert-OH is 1. The van der Waals surface area contributed by atoms with Crippen molar-refractivity contribution >= 4 is 39.2 Å². The van der Waals surface area contributed by atoms with E-state index in [1.807, 2.05) is 37.3 Å². The number of aromatic amines is 1. The van der Waals surface area contributed by atoms with Crippen molar-refractivity contribution in [3.05, 3.63) is 112 Å². The molecule has 5 aromatic rings. The number of aryl methyl sites for hydroxylation is 1. The number of aromatic nitrogens is 2. The van der Waals surface area contributed by atoms with Crippen LogP contribution in [-0.2, 0) is 4.79 Å². The van der Waals surface area contributed by atoms with Gasteiger partial charge in [-0.05, 0) is 42.8 Å². The predicted molar refractivity (Wildman–Crippen MR) is 130 cm³/mol. The van der Waals surface area contributed by atoms with Gasteiger partial charge in [0.1, 0.15) is 11.8 Å². The predicted octanol–water partition coefficient (Wildman–Crippen LogP) is 5.03. The third-order valence-electron chi connectivity index (χ3n) is 6.23. The molecular formula is C27H19N3O4. The van der Waals surface area contributed by atoms with Gasteiger partial charge in [-0.1, -0.05) is 42.0 Å². The number of aliphatic hydroxyl groups is 1. The molecule has 3 aromatic carbocycles. The summed E-state index contributed by atoms with van der Waals surface area (Å²) in [5.74, 6) is -0.996. The molecule has 0 saturated carbocycles. The van der Waals surface area contributed by atoms with E-state index in [0.29, 0.717) is 33.3 Å². The first kappa shape index (κ1) is 20.0. The Bertz CT molecular complexity index is 1680. The molecule has 0 bridgehead atoms. The molecule has 6 rings (SSSR count). The first-order valence-corrected chi connectivity index (χ1v) is 10.8. The fraction of sp³-hybridized carbons (Fsp3) is 0.0741. The monoisotopic (exact) mass is 449 g/mol. The Kier molecular flexibility index (Phi) is 4.38. The maximum Gasteiger partial charge on any atom is 0.294 e. The van der Waals surface area contributed by atoms with Crippen LogP contribution in [0.1, 0.15) is 22.7 Å². The van der Waals surface area contributed by atoms with E-state index >= 15 is 0 Å². The molecule has 0 spiro atoms. The average Bonchev–Trinajstić information content (AvgIpc) is 3.42. The summed E-state index contributed by atoms with van der Waals surface area (Å²) in [5.41, 5.74) is 4.37. The normalized spacial score (nSPS) is 16.2. The van der Waals surface area contributed by atoms with E-state index in [4.69, 9.17) is 4.42 Å². The van der Waals surface area contributed by atoms with E-state index in [1.165, 1.54) is 11.2 Å². The number of carbonyl (C=O) groups excluding carboxylic acids is 1. The lowest BCUT2D eigenvalue weighted by atomic mass is 9.93. The first-order valence-electron chi connectivity index (χ1n) is 10.8. The Hall–Kier alpha value is -4.65. The third-order valence-corrected chi connectivity index (χ3v) is 6.23. The van der Waals surface area contributed by atoms with Crippen LogP contribution in [0.5, 0.6) is 0 Å². The van der Waals surface area contributed by atoms with Crippen LogP contribution in [-0.4, -0.2) is 21.0 Å². The molecule has 3 heterocycles. The molecule has 2 aromatic heterocycles. The Morgan fingerprint density at radius 2 is 1.85 bits per heavy atom. The second kappa shape index (κ2) is 7.45. The van der Waals surface area contributed by atoms with Crippen LogP contribution < -0.4 is 10.3 Å². The number of H-pyrrole nitrogens is 1. The summed E-state index contributed by atoms with van der Waals surface area (Å²) in [4.78, 5) is 35.9. The summed E-state index contributed by atoms with van der Waals surface area (Å²) < 4.78 is 5.83. The molecule has 1 atom stereocenters. The number of carbonyl (C=O) groups is 1. The number of imidazole rings is 1. The van der Waals surface area contributed by atoms with E-state index in [0.717, 1.165) is 11.1 Å². The molecule has 1 aliphatic rings. The van der Waals surface area contributed by atoms with Crippen molar-refractivity contribution in [2.24, 2.45) is 0 Å². The molecular weight excluding hydrogens is 430 g/mol. The van der Waals surface area contributed by atoms with Crippen molar-refractivity contribution in [1.29, 1.82) is 0 Å². The molecule has 0 radical (unpaired) electrons. The van der Waals surface area contributed by atoms with Crippen LogP contribution in [0.15, 0.2) is 94.3 Å². The molecule has 166 valence electrons. The summed E-state index contributed by atoms with van der Waals surface area (Å²) in [5, 5.41) is 11.5. The summed E-state index contributed by atoms with van der Waals surface area (Å²) in [6.07, 6.45) is 2.96. The highest BCUT2D eigenvalue weighted by Gasteiger charge is 2.43. The van der Waals surface area contributed by atoms with Crippen molar-refractivity contribution in [2.45, 2.75) is 13.0 Å². The SMILES string of the molecule is Cc1ccc2occ(C3C(c4ccccc4)=C(O)C(=O)N3c3ccc4[nH]cnc4c3)c(=O)c2c1. The lowest BCUT2D eigenvalue weighted by molar-refractivity contribution is -0.117. The van der Waals surface area contributed by atoms with Gasteiger partial charge in [0.15, 0.2) is 11.2 Å². The van der Waals surface area contributed by atoms with E-state index in [2.05, 4.69) is 9.97 Å². The topological polar surface area (TPSA) is 99.4 Å². The van der Waals surface area contributed by atoms with Gasteiger partial charge in [-0.15, -0.1) is 0 Å². The summed E-state index contributed by atoms with van der Waals surface area (Å²) in [6.45, 7) is 1.90. The zero-order chi connectivity index (χ0) is 23.4. The lowest BCUT2D eigenvalue weighted by Gasteiger charge is -2.26. The summed E-state index contributed by atoms with van der Waals surface area (Å²) in [6, 6.07) is 18.9. The molecule has 34 heavy (non-hydrogen) atoms. The van der Waals surface area contributed by atoms with E-state index in [1.54, 1.807) is 42.7 Å². The number of hydrogen-bond acceptors (Lipinski definition) is 5. The molecule has 0 aliphatic carbocycles. The Morgan fingerprint density at radius 3 is 2.68 bits per heavy atom. The third kappa shape index (κ3) is 2.94. The van der Waals surface area contributed by atoms with Crippen LogP contribution >= 0.6 is 0 Å². The second-order valence-electron chi connectivity index (χ2n) is 8.33. The largest absolute Gasteiger partial charge is 0.503 e. The fourth-order valence-corrected chi connectivity index (χ4v) is 4.60. The Balaban J connectivity index is 1.62. The molecule has 1 amide bonds. The zero-order valence-corrected chi connectivity index (χ0v) is 18.1. The Morgan fingerprint density at radius 1 is 1.03 bits per heavy atom. The van der Waals surface area contributed by atoms with Gasteiger partial charge in [-0.2, -0.15) is 0 Å². The molecule has 7 heteroatoms. The lowest BCUT2D eigenvalue weighted by Crippen LogP contribution is -2.32. The number of anilines is 1. The minimum absolute atomic E-state index is 0.253. The van der Waals surface area contributed by atoms with Crippen LogP contribution in [0.25, 0.3) is 27.6 Å². The van der Waals surface area contributed by atoms with Crippen LogP contribution in [0.2, 0.25) is 0 Å². The standard InChI is InChI=1S/C27H19N3O4/c1-15-7-10-22-18(11-15)25(31)19(13-34-22)24-23(16-5-3-2-4-6-16)26(32)27(33)30(24)17-8-9-20-21(12-17)29-14-28-20/h2-14,24,32H,1H3,(H,28,29). The number of nitrogens with one attached hydrogen (secondary N) is 1.